The zero-order valence-corrected chi connectivity index (χ0v) is 10.5. The Morgan fingerprint density at radius 1 is 1.24 bits per heavy atom. The molecule has 2 aromatic heterocycles. The molecule has 0 saturated heterocycles. The fraction of sp³-hybridized carbons (Fsp3) is 0.364. The van der Waals surface area contributed by atoms with Crippen molar-refractivity contribution in [1.82, 2.24) is 15.0 Å². The van der Waals surface area contributed by atoms with Crippen LogP contribution in [0.25, 0.3) is 0 Å². The summed E-state index contributed by atoms with van der Waals surface area (Å²) in [5.41, 5.74) is 0. The largest absolute Gasteiger partial charge is 0.363 e. The Morgan fingerprint density at radius 2 is 2.18 bits per heavy atom. The molecule has 2 aromatic rings. The quantitative estimate of drug-likeness (QED) is 0.823. The van der Waals surface area contributed by atoms with Gasteiger partial charge in [0.25, 0.3) is 0 Å². The first kappa shape index (κ1) is 11.8. The van der Waals surface area contributed by atoms with E-state index in [0.29, 0.717) is 12.5 Å². The number of rotatable bonds is 6. The first-order chi connectivity index (χ1) is 8.38. The summed E-state index contributed by atoms with van der Waals surface area (Å²) in [7, 11) is 0. The third-order valence-electron chi connectivity index (χ3n) is 2.09. The molecule has 0 radical (unpaired) electrons. The summed E-state index contributed by atoms with van der Waals surface area (Å²) in [6.07, 6.45) is 4.60. The smallest absolute Gasteiger partial charge is 0.224 e. The van der Waals surface area contributed by atoms with Crippen LogP contribution in [0.15, 0.2) is 23.8 Å². The maximum Gasteiger partial charge on any atom is 0.224 e. The summed E-state index contributed by atoms with van der Waals surface area (Å²) in [5, 5.41) is 9.38. The van der Waals surface area contributed by atoms with Crippen molar-refractivity contribution in [1.29, 1.82) is 0 Å². The van der Waals surface area contributed by atoms with E-state index in [1.165, 1.54) is 0 Å². The van der Waals surface area contributed by atoms with Crippen LogP contribution in [0.5, 0.6) is 0 Å². The third kappa shape index (κ3) is 3.67. The Morgan fingerprint density at radius 3 is 2.94 bits per heavy atom. The van der Waals surface area contributed by atoms with Crippen LogP contribution < -0.4 is 10.6 Å². The van der Waals surface area contributed by atoms with Gasteiger partial charge in [0.2, 0.25) is 5.95 Å². The number of nitrogens with zero attached hydrogens (tertiary/aromatic N) is 3. The van der Waals surface area contributed by atoms with E-state index in [1.807, 2.05) is 11.4 Å². The zero-order valence-electron chi connectivity index (χ0n) is 9.68. The molecule has 0 aliphatic heterocycles. The maximum absolute atomic E-state index is 4.35. The molecule has 17 heavy (non-hydrogen) atoms. The van der Waals surface area contributed by atoms with E-state index >= 15 is 0 Å². The molecular weight excluding hydrogens is 234 g/mol. The van der Waals surface area contributed by atoms with Crippen LogP contribution in [-0.2, 0) is 6.54 Å². The first-order valence-corrected chi connectivity index (χ1v) is 6.45. The lowest BCUT2D eigenvalue weighted by molar-refractivity contribution is 0.949. The van der Waals surface area contributed by atoms with Crippen LogP contribution in [0, 0.1) is 0 Å². The molecule has 90 valence electrons. The van der Waals surface area contributed by atoms with Crippen molar-refractivity contribution in [2.45, 2.75) is 19.9 Å². The summed E-state index contributed by atoms with van der Waals surface area (Å²) >= 11 is 1.63. The van der Waals surface area contributed by atoms with Crippen molar-refractivity contribution in [2.75, 3.05) is 17.2 Å². The number of hydrogen-bond acceptors (Lipinski definition) is 6. The van der Waals surface area contributed by atoms with Crippen LogP contribution in [0.4, 0.5) is 11.8 Å². The van der Waals surface area contributed by atoms with Gasteiger partial charge in [0.05, 0.1) is 6.54 Å². The number of nitrogens with one attached hydrogen (secondary N) is 2. The molecule has 2 N–H and O–H groups in total. The number of thiazole rings is 1. The lowest BCUT2D eigenvalue weighted by atomic mass is 10.5. The molecule has 0 fully saturated rings. The average Bonchev–Trinajstić information content (AvgIpc) is 2.87. The highest BCUT2D eigenvalue weighted by atomic mass is 32.1. The standard InChI is InChI=1S/C11H15N5S/c1-2-4-13-11-14-5-3-9(16-11)15-8-10-12-6-7-17-10/h3,5-7H,2,4,8H2,1H3,(H2,13,14,15,16). The zero-order chi connectivity index (χ0) is 11.9. The van der Waals surface area contributed by atoms with E-state index < -0.39 is 0 Å². The third-order valence-corrected chi connectivity index (χ3v) is 2.87. The molecule has 0 amide bonds. The van der Waals surface area contributed by atoms with Gasteiger partial charge < -0.3 is 10.6 Å². The van der Waals surface area contributed by atoms with Crippen LogP contribution in [0.1, 0.15) is 18.4 Å². The van der Waals surface area contributed by atoms with Crippen molar-refractivity contribution < 1.29 is 0 Å². The van der Waals surface area contributed by atoms with Gasteiger partial charge in [-0.1, -0.05) is 6.92 Å². The lowest BCUT2D eigenvalue weighted by Gasteiger charge is -2.06. The van der Waals surface area contributed by atoms with Gasteiger partial charge in [-0.05, 0) is 12.5 Å². The van der Waals surface area contributed by atoms with E-state index in [0.717, 1.165) is 23.8 Å². The first-order valence-electron chi connectivity index (χ1n) is 5.57. The Balaban J connectivity index is 1.91. The van der Waals surface area contributed by atoms with Gasteiger partial charge in [0.1, 0.15) is 10.8 Å². The van der Waals surface area contributed by atoms with Crippen LogP contribution in [0.2, 0.25) is 0 Å². The van der Waals surface area contributed by atoms with Crippen molar-refractivity contribution in [3.63, 3.8) is 0 Å². The van der Waals surface area contributed by atoms with Crippen LogP contribution >= 0.6 is 11.3 Å². The molecule has 6 heteroatoms. The van der Waals surface area contributed by atoms with Gasteiger partial charge in [-0.3, -0.25) is 0 Å². The highest BCUT2D eigenvalue weighted by molar-refractivity contribution is 7.09. The minimum absolute atomic E-state index is 0.663. The van der Waals surface area contributed by atoms with E-state index in [1.54, 1.807) is 23.7 Å². The second kappa shape index (κ2) is 6.15. The van der Waals surface area contributed by atoms with E-state index in [-0.39, 0.29) is 0 Å². The van der Waals surface area contributed by atoms with Gasteiger partial charge in [0, 0.05) is 24.3 Å². The molecule has 0 atom stereocenters. The topological polar surface area (TPSA) is 62.7 Å². The fourth-order valence-electron chi connectivity index (χ4n) is 1.29. The Kier molecular flexibility index (Phi) is 4.26. The predicted octanol–water partition coefficient (Wildman–Crippen LogP) is 2.37. The van der Waals surface area contributed by atoms with Gasteiger partial charge in [-0.15, -0.1) is 11.3 Å². The van der Waals surface area contributed by atoms with Crippen molar-refractivity contribution in [3.05, 3.63) is 28.8 Å². The van der Waals surface area contributed by atoms with E-state index in [2.05, 4.69) is 32.5 Å². The van der Waals surface area contributed by atoms with Gasteiger partial charge in [-0.2, -0.15) is 4.98 Å². The van der Waals surface area contributed by atoms with Crippen molar-refractivity contribution in [2.24, 2.45) is 0 Å². The Labute approximate surface area is 104 Å². The molecule has 2 heterocycles. The Bertz CT molecular complexity index is 443. The number of hydrogen-bond donors (Lipinski definition) is 2. The van der Waals surface area contributed by atoms with E-state index in [4.69, 9.17) is 0 Å². The maximum atomic E-state index is 4.35. The van der Waals surface area contributed by atoms with Gasteiger partial charge in [-0.25, -0.2) is 9.97 Å². The fourth-order valence-corrected chi connectivity index (χ4v) is 1.84. The second-order valence-corrected chi connectivity index (χ2v) is 4.45. The normalized spacial score (nSPS) is 10.2. The minimum Gasteiger partial charge on any atom is -0.363 e. The predicted molar refractivity (Wildman–Crippen MR) is 70.3 cm³/mol. The molecule has 0 aromatic carbocycles. The van der Waals surface area contributed by atoms with Crippen molar-refractivity contribution >= 4 is 23.1 Å². The molecule has 0 bridgehead atoms. The molecule has 0 aliphatic rings. The van der Waals surface area contributed by atoms with Crippen LogP contribution in [-0.4, -0.2) is 21.5 Å². The van der Waals surface area contributed by atoms with Gasteiger partial charge >= 0.3 is 0 Å². The SMILES string of the molecule is CCCNc1nccc(NCc2nccs2)n1. The minimum atomic E-state index is 0.663. The summed E-state index contributed by atoms with van der Waals surface area (Å²) in [6, 6.07) is 1.85. The summed E-state index contributed by atoms with van der Waals surface area (Å²) in [5.74, 6) is 1.48. The highest BCUT2D eigenvalue weighted by Gasteiger charge is 1.99. The molecule has 2 rings (SSSR count). The Hall–Kier alpha value is -1.69. The number of anilines is 2. The summed E-state index contributed by atoms with van der Waals surface area (Å²) in [6.45, 7) is 3.69. The molecule has 0 aliphatic carbocycles. The lowest BCUT2D eigenvalue weighted by Crippen LogP contribution is -2.07. The molecular formula is C11H15N5S. The molecule has 0 spiro atoms. The molecule has 0 saturated carbocycles. The summed E-state index contributed by atoms with van der Waals surface area (Å²) in [4.78, 5) is 12.7. The average molecular weight is 249 g/mol. The molecule has 5 nitrogen and oxygen atoms in total. The molecule has 0 unspecified atom stereocenters. The summed E-state index contributed by atoms with van der Waals surface area (Å²) < 4.78 is 0. The van der Waals surface area contributed by atoms with Crippen molar-refractivity contribution in [3.8, 4) is 0 Å². The van der Waals surface area contributed by atoms with Gasteiger partial charge in [0.15, 0.2) is 0 Å². The van der Waals surface area contributed by atoms with E-state index in [9.17, 15) is 0 Å². The highest BCUT2D eigenvalue weighted by Crippen LogP contribution is 2.09. The number of aromatic nitrogens is 3. The second-order valence-electron chi connectivity index (χ2n) is 3.47. The monoisotopic (exact) mass is 249 g/mol. The van der Waals surface area contributed by atoms with Crippen LogP contribution in [0.3, 0.4) is 0 Å².